The number of aromatic nitrogens is 9. The largest absolute Gasteiger partial charge is 0.329 e. The van der Waals surface area contributed by atoms with E-state index in [0.717, 1.165) is 34.2 Å². The van der Waals surface area contributed by atoms with Crippen LogP contribution in [0.25, 0.3) is 34.3 Å². The third-order valence-corrected chi connectivity index (χ3v) is 8.17. The average molecular weight is 905 g/mol. The van der Waals surface area contributed by atoms with Crippen LogP contribution in [0.5, 0.6) is 0 Å². The van der Waals surface area contributed by atoms with Crippen LogP contribution < -0.4 is 14.2 Å². The maximum atomic E-state index is 13.0. The van der Waals surface area contributed by atoms with Gasteiger partial charge in [-0.2, -0.15) is 29.5 Å². The molecule has 4 heterocycles. The van der Waals surface area contributed by atoms with Gasteiger partial charge in [-0.1, -0.05) is 6.07 Å². The second-order valence-electron chi connectivity index (χ2n) is 11.5. The molecule has 0 saturated heterocycles. The van der Waals surface area contributed by atoms with E-state index in [0.29, 0.717) is 22.9 Å². The Bertz CT molecular complexity index is 2130. The second kappa shape index (κ2) is 17.6. The predicted octanol–water partition coefficient (Wildman–Crippen LogP) is 6.39. The van der Waals surface area contributed by atoms with Crippen molar-refractivity contribution in [1.29, 1.82) is 0 Å². The molecule has 0 saturated carbocycles. The first-order valence-corrected chi connectivity index (χ1v) is 16.1. The number of imidazole rings is 2. The van der Waals surface area contributed by atoms with Crippen LogP contribution in [0, 0.1) is 75.8 Å². The maximum Gasteiger partial charge on any atom is 0.267 e. The molecule has 1 radical (unpaired) electrons. The molecule has 4 aromatic heterocycles. The number of hydrogen-bond acceptors (Lipinski definition) is 4. The van der Waals surface area contributed by atoms with E-state index in [1.807, 2.05) is 49.0 Å². The van der Waals surface area contributed by atoms with Crippen molar-refractivity contribution in [2.24, 2.45) is 0 Å². The van der Waals surface area contributed by atoms with E-state index in [9.17, 15) is 17.6 Å². The van der Waals surface area contributed by atoms with E-state index in [1.165, 1.54) is 48.5 Å². The van der Waals surface area contributed by atoms with Crippen molar-refractivity contribution in [3.8, 4) is 34.3 Å². The standard InChI is InChI=1S/2C17H13F2N2.C6H4N5.Ir/c2*1-12-13(2)21(17-9-5-15(19)6-10-17)11-20(12)16-7-3-14(18)4-8-16;1-2-4-7-5(3-1)6-8-10-11-9-6;/h2*3-9H,1-2H3;1-4H;/q3*-1;. The number of pyridine rings is 1. The monoisotopic (exact) mass is 905 g/mol. The molecule has 0 spiro atoms. The molecule has 54 heavy (non-hydrogen) atoms. The van der Waals surface area contributed by atoms with Gasteiger partial charge in [-0.25, -0.2) is 8.78 Å². The minimum atomic E-state index is -0.327. The molecule has 8 aromatic rings. The van der Waals surface area contributed by atoms with Gasteiger partial charge in [0.2, 0.25) is 0 Å². The molecule has 0 unspecified atom stereocenters. The van der Waals surface area contributed by atoms with Crippen LogP contribution in [0.4, 0.5) is 17.6 Å². The normalized spacial score (nSPS) is 10.4. The minimum Gasteiger partial charge on any atom is -0.329 e. The Labute approximate surface area is 322 Å². The number of rotatable bonds is 5. The van der Waals surface area contributed by atoms with Gasteiger partial charge in [0.1, 0.15) is 11.6 Å². The topological polar surface area (TPSA) is 83.3 Å². The van der Waals surface area contributed by atoms with Crippen molar-refractivity contribution in [1.82, 2.24) is 34.7 Å². The Morgan fingerprint density at radius 2 is 1.06 bits per heavy atom. The molecule has 8 rings (SSSR count). The van der Waals surface area contributed by atoms with Gasteiger partial charge in [0.15, 0.2) is 0 Å². The number of benzene rings is 4. The molecule has 275 valence electrons. The van der Waals surface area contributed by atoms with Gasteiger partial charge < -0.3 is 14.2 Å². The van der Waals surface area contributed by atoms with E-state index in [4.69, 9.17) is 0 Å². The van der Waals surface area contributed by atoms with Crippen LogP contribution in [0.2, 0.25) is 0 Å². The van der Waals surface area contributed by atoms with Crippen molar-refractivity contribution < 1.29 is 46.8 Å². The van der Waals surface area contributed by atoms with Gasteiger partial charge in [0.25, 0.3) is 12.7 Å². The molecule has 0 N–H and O–H groups in total. The summed E-state index contributed by atoms with van der Waals surface area (Å²) in [5.74, 6) is -0.746. The third kappa shape index (κ3) is 9.08. The van der Waals surface area contributed by atoms with E-state index in [1.54, 1.807) is 57.8 Å². The molecule has 0 fully saturated rings. The molecule has 0 aliphatic heterocycles. The Hall–Kier alpha value is -6.11. The van der Waals surface area contributed by atoms with Crippen LogP contribution in [-0.4, -0.2) is 29.6 Å². The second-order valence-corrected chi connectivity index (χ2v) is 11.5. The molecule has 0 aliphatic carbocycles. The first-order valence-electron chi connectivity index (χ1n) is 16.1. The average Bonchev–Trinajstić information content (AvgIpc) is 3.90. The van der Waals surface area contributed by atoms with Gasteiger partial charge in [0.05, 0.1) is 34.3 Å². The molecule has 0 aliphatic rings. The summed E-state index contributed by atoms with van der Waals surface area (Å²) in [4.78, 5) is 4.02. The summed E-state index contributed by atoms with van der Waals surface area (Å²) in [6, 6.07) is 32.3. The number of tetrazole rings is 1. The Morgan fingerprint density at radius 1 is 0.593 bits per heavy atom. The molecule has 9 nitrogen and oxygen atoms in total. The summed E-state index contributed by atoms with van der Waals surface area (Å²) in [7, 11) is 0. The SMILES string of the molecule is Cc1c(C)[n+](-c2ccc(F)cc2)[c-]n1-c1[c-]cc(F)cc1.Cc1c(C)[n+](-c2ccc(F)cc2)[c-]n1-c1[c-]cc(F)cc1.[Ir].c1ccc(-c2nnn[n-]2)nc1. The third-order valence-electron chi connectivity index (χ3n) is 8.17. The molecular weight excluding hydrogens is 875 g/mol. The number of halogens is 4. The molecular formula is C40H30F4IrN9-3. The minimum absolute atomic E-state index is 0. The summed E-state index contributed by atoms with van der Waals surface area (Å²) in [6.45, 7) is 7.80. The van der Waals surface area contributed by atoms with Crippen molar-refractivity contribution in [2.45, 2.75) is 27.7 Å². The van der Waals surface area contributed by atoms with Crippen LogP contribution in [0.3, 0.4) is 0 Å². The smallest absolute Gasteiger partial charge is 0.267 e. The van der Waals surface area contributed by atoms with Crippen molar-refractivity contribution >= 4 is 0 Å². The summed E-state index contributed by atoms with van der Waals surface area (Å²) in [5.41, 5.74) is 7.60. The Balaban J connectivity index is 0.000000162. The number of nitrogens with zero attached hydrogens (tertiary/aromatic N) is 9. The summed E-state index contributed by atoms with van der Waals surface area (Å²) in [5, 5.41) is 14.0. The summed E-state index contributed by atoms with van der Waals surface area (Å²) < 4.78 is 59.3. The van der Waals surface area contributed by atoms with Gasteiger partial charge in [-0.05, 0) is 99.7 Å². The molecule has 0 atom stereocenters. The van der Waals surface area contributed by atoms with Gasteiger partial charge in [-0.15, -0.1) is 24.3 Å². The maximum absolute atomic E-state index is 13.0. The fourth-order valence-corrected chi connectivity index (χ4v) is 5.12. The van der Waals surface area contributed by atoms with Gasteiger partial charge >= 0.3 is 0 Å². The van der Waals surface area contributed by atoms with Crippen LogP contribution in [0.15, 0.2) is 109 Å². The van der Waals surface area contributed by atoms with Crippen LogP contribution in [-0.2, 0) is 20.1 Å². The first-order chi connectivity index (χ1) is 25.6. The van der Waals surface area contributed by atoms with Gasteiger partial charge in [0, 0.05) is 49.3 Å². The molecule has 4 aromatic carbocycles. The zero-order valence-electron chi connectivity index (χ0n) is 29.3. The molecule has 0 bridgehead atoms. The van der Waals surface area contributed by atoms with E-state index in [2.05, 4.69) is 50.4 Å². The quantitative estimate of drug-likeness (QED) is 0.114. The Kier molecular flexibility index (Phi) is 12.7. The van der Waals surface area contributed by atoms with E-state index in [-0.39, 0.29) is 43.4 Å². The summed E-state index contributed by atoms with van der Waals surface area (Å²) >= 11 is 0. The first kappa shape index (κ1) is 39.1. The number of hydrogen-bond donors (Lipinski definition) is 0. The Morgan fingerprint density at radius 3 is 1.43 bits per heavy atom. The zero-order chi connectivity index (χ0) is 37.5. The summed E-state index contributed by atoms with van der Waals surface area (Å²) in [6.07, 6.45) is 8.03. The molecule has 14 heteroatoms. The van der Waals surface area contributed by atoms with Crippen molar-refractivity contribution in [3.05, 3.63) is 180 Å². The fourth-order valence-electron chi connectivity index (χ4n) is 5.12. The van der Waals surface area contributed by atoms with E-state index >= 15 is 0 Å². The predicted molar refractivity (Wildman–Crippen MR) is 185 cm³/mol. The zero-order valence-corrected chi connectivity index (χ0v) is 31.7. The molecule has 0 amide bonds. The van der Waals surface area contributed by atoms with Crippen molar-refractivity contribution in [3.63, 3.8) is 0 Å². The van der Waals surface area contributed by atoms with E-state index < -0.39 is 0 Å². The fraction of sp³-hybridized carbons (Fsp3) is 0.100. The van der Waals surface area contributed by atoms with Gasteiger partial charge in [-0.3, -0.25) is 33.2 Å². The van der Waals surface area contributed by atoms with Crippen LogP contribution in [0.1, 0.15) is 22.8 Å². The van der Waals surface area contributed by atoms with Crippen molar-refractivity contribution in [2.75, 3.05) is 0 Å². The van der Waals surface area contributed by atoms with Crippen LogP contribution >= 0.6 is 0 Å².